The largest absolute Gasteiger partial charge is 0.426 e. The van der Waals surface area contributed by atoms with Crippen LogP contribution in [-0.4, -0.2) is 10.9 Å². The van der Waals surface area contributed by atoms with Crippen LogP contribution in [0.3, 0.4) is 0 Å². The number of non-ortho nitro benzene ring substituents is 1. The Bertz CT molecular complexity index is 718. The van der Waals surface area contributed by atoms with Gasteiger partial charge in [0.05, 0.1) is 11.3 Å². The van der Waals surface area contributed by atoms with Crippen LogP contribution < -0.4 is 4.74 Å². The molecule has 23 heavy (non-hydrogen) atoms. The lowest BCUT2D eigenvalue weighted by atomic mass is 9.92. The molecule has 0 atom stereocenters. The second-order valence-corrected chi connectivity index (χ2v) is 6.52. The molecule has 2 rings (SSSR count). The van der Waals surface area contributed by atoms with Gasteiger partial charge in [-0.25, -0.2) is 0 Å². The second kappa shape index (κ2) is 6.60. The van der Waals surface area contributed by atoms with Gasteiger partial charge in [-0.2, -0.15) is 0 Å². The van der Waals surface area contributed by atoms with Crippen LogP contribution in [0.1, 0.15) is 27.2 Å². The molecule has 120 valence electrons. The van der Waals surface area contributed by atoms with E-state index < -0.39 is 4.92 Å². The predicted molar refractivity (Wildman–Crippen MR) is 88.2 cm³/mol. The van der Waals surface area contributed by atoms with Crippen LogP contribution in [0.25, 0.3) is 11.1 Å². The highest BCUT2D eigenvalue weighted by Gasteiger charge is 2.20. The second-order valence-electron chi connectivity index (χ2n) is 6.52. The molecule has 0 spiro atoms. The fraction of sp³-hybridized carbons (Fsp3) is 0.278. The van der Waals surface area contributed by atoms with Crippen LogP contribution in [0.5, 0.6) is 5.75 Å². The average Bonchev–Trinajstić information content (AvgIpc) is 2.46. The minimum Gasteiger partial charge on any atom is -0.426 e. The quantitative estimate of drug-likeness (QED) is 0.358. The molecular weight excluding hydrogens is 294 g/mol. The number of rotatable bonds is 4. The smallest absolute Gasteiger partial charge is 0.311 e. The Hall–Kier alpha value is -2.69. The third-order valence-electron chi connectivity index (χ3n) is 3.16. The minimum atomic E-state index is -0.465. The lowest BCUT2D eigenvalue weighted by Crippen LogP contribution is -2.17. The van der Waals surface area contributed by atoms with Gasteiger partial charge in [-0.3, -0.25) is 14.9 Å². The van der Waals surface area contributed by atoms with E-state index in [1.165, 1.54) is 18.2 Å². The molecule has 0 fully saturated rings. The van der Waals surface area contributed by atoms with E-state index in [9.17, 15) is 14.9 Å². The Kier molecular flexibility index (Phi) is 4.79. The maximum absolute atomic E-state index is 12.1. The van der Waals surface area contributed by atoms with E-state index in [1.54, 1.807) is 0 Å². The van der Waals surface area contributed by atoms with Crippen LogP contribution in [0.4, 0.5) is 5.69 Å². The normalized spacial score (nSPS) is 11.1. The SMILES string of the molecule is CC(C)(C)CC(=O)Oc1ccc([N+](=O)[O-])cc1-c1ccccc1. The van der Waals surface area contributed by atoms with Gasteiger partial charge in [0.25, 0.3) is 5.69 Å². The molecule has 0 bridgehead atoms. The van der Waals surface area contributed by atoms with Crippen molar-refractivity contribution in [3.63, 3.8) is 0 Å². The summed E-state index contributed by atoms with van der Waals surface area (Å²) in [4.78, 5) is 22.6. The highest BCUT2D eigenvalue weighted by atomic mass is 16.6. The first-order valence-corrected chi connectivity index (χ1v) is 7.31. The number of nitrogens with zero attached hydrogens (tertiary/aromatic N) is 1. The summed E-state index contributed by atoms with van der Waals surface area (Å²) < 4.78 is 5.45. The van der Waals surface area contributed by atoms with Crippen molar-refractivity contribution in [3.05, 3.63) is 58.6 Å². The van der Waals surface area contributed by atoms with Crippen molar-refractivity contribution in [2.45, 2.75) is 27.2 Å². The molecule has 0 amide bonds. The van der Waals surface area contributed by atoms with Crippen molar-refractivity contribution >= 4 is 11.7 Å². The highest BCUT2D eigenvalue weighted by Crippen LogP contribution is 2.34. The van der Waals surface area contributed by atoms with Crippen LogP contribution in [-0.2, 0) is 4.79 Å². The monoisotopic (exact) mass is 313 g/mol. The van der Waals surface area contributed by atoms with Gasteiger partial charge in [-0.15, -0.1) is 0 Å². The summed E-state index contributed by atoms with van der Waals surface area (Å²) in [6.45, 7) is 5.84. The number of carbonyl (C=O) groups excluding carboxylic acids is 1. The van der Waals surface area contributed by atoms with E-state index in [2.05, 4.69) is 0 Å². The molecule has 5 nitrogen and oxygen atoms in total. The molecule has 0 aliphatic carbocycles. The third kappa shape index (κ3) is 4.64. The summed E-state index contributed by atoms with van der Waals surface area (Å²) in [7, 11) is 0. The number of ether oxygens (including phenoxy) is 1. The first-order chi connectivity index (χ1) is 10.8. The number of carbonyl (C=O) groups is 1. The molecule has 5 heteroatoms. The van der Waals surface area contributed by atoms with Crippen molar-refractivity contribution in [1.82, 2.24) is 0 Å². The van der Waals surface area contributed by atoms with E-state index in [-0.39, 0.29) is 23.5 Å². The van der Waals surface area contributed by atoms with E-state index >= 15 is 0 Å². The van der Waals surface area contributed by atoms with Crippen LogP contribution in [0, 0.1) is 15.5 Å². The molecule has 2 aromatic rings. The van der Waals surface area contributed by atoms with Gasteiger partial charge in [0.2, 0.25) is 0 Å². The van der Waals surface area contributed by atoms with Crippen molar-refractivity contribution in [2.24, 2.45) is 5.41 Å². The van der Waals surface area contributed by atoms with E-state index in [4.69, 9.17) is 4.74 Å². The number of nitro benzene ring substituents is 1. The lowest BCUT2D eigenvalue weighted by molar-refractivity contribution is -0.384. The van der Waals surface area contributed by atoms with Gasteiger partial charge in [0.1, 0.15) is 5.75 Å². The molecule has 0 saturated carbocycles. The lowest BCUT2D eigenvalue weighted by Gasteiger charge is -2.17. The van der Waals surface area contributed by atoms with Crippen LogP contribution in [0.15, 0.2) is 48.5 Å². The molecule has 0 saturated heterocycles. The first-order valence-electron chi connectivity index (χ1n) is 7.31. The maximum atomic E-state index is 12.1. The average molecular weight is 313 g/mol. The van der Waals surface area contributed by atoms with Gasteiger partial charge in [0.15, 0.2) is 0 Å². The number of benzene rings is 2. The molecule has 0 aliphatic heterocycles. The molecule has 0 aliphatic rings. The summed E-state index contributed by atoms with van der Waals surface area (Å²) in [5.41, 5.74) is 1.06. The topological polar surface area (TPSA) is 69.4 Å². The van der Waals surface area contributed by atoms with Gasteiger partial charge in [-0.1, -0.05) is 51.1 Å². The molecule has 0 unspecified atom stereocenters. The summed E-state index contributed by atoms with van der Waals surface area (Å²) in [5, 5.41) is 11.0. The van der Waals surface area contributed by atoms with Gasteiger partial charge >= 0.3 is 5.97 Å². The molecule has 0 radical (unpaired) electrons. The van der Waals surface area contributed by atoms with Crippen molar-refractivity contribution in [1.29, 1.82) is 0 Å². The van der Waals surface area contributed by atoms with E-state index in [0.717, 1.165) is 5.56 Å². The standard InChI is InChI=1S/C18H19NO4/c1-18(2,3)12-17(20)23-16-10-9-14(19(21)22)11-15(16)13-7-5-4-6-8-13/h4-11H,12H2,1-3H3. The Balaban J connectivity index is 2.39. The van der Waals surface area contributed by atoms with Gasteiger partial charge in [0, 0.05) is 17.7 Å². The zero-order valence-electron chi connectivity index (χ0n) is 13.4. The number of hydrogen-bond acceptors (Lipinski definition) is 4. The third-order valence-corrected chi connectivity index (χ3v) is 3.16. The Morgan fingerprint density at radius 2 is 1.78 bits per heavy atom. The highest BCUT2D eigenvalue weighted by molar-refractivity contribution is 5.79. The Morgan fingerprint density at radius 3 is 2.35 bits per heavy atom. The summed E-state index contributed by atoms with van der Waals surface area (Å²) in [6.07, 6.45) is 0.262. The van der Waals surface area contributed by atoms with Crippen molar-refractivity contribution in [3.8, 4) is 16.9 Å². The Morgan fingerprint density at radius 1 is 1.13 bits per heavy atom. The van der Waals surface area contributed by atoms with Gasteiger partial charge < -0.3 is 4.74 Å². The summed E-state index contributed by atoms with van der Waals surface area (Å²) >= 11 is 0. The first kappa shape index (κ1) is 16.7. The predicted octanol–water partition coefficient (Wildman–Crippen LogP) is 4.60. The number of hydrogen-bond donors (Lipinski definition) is 0. The number of nitro groups is 1. The zero-order valence-corrected chi connectivity index (χ0v) is 13.4. The molecular formula is C18H19NO4. The summed E-state index contributed by atoms with van der Waals surface area (Å²) in [5.74, 6) is -0.0282. The molecule has 0 N–H and O–H groups in total. The molecule has 0 heterocycles. The molecule has 2 aromatic carbocycles. The van der Waals surface area contributed by atoms with Gasteiger partial charge in [-0.05, 0) is 17.0 Å². The zero-order chi connectivity index (χ0) is 17.0. The summed E-state index contributed by atoms with van der Waals surface area (Å²) in [6, 6.07) is 13.4. The minimum absolute atomic E-state index is 0.0422. The maximum Gasteiger partial charge on any atom is 0.311 e. The van der Waals surface area contributed by atoms with Crippen molar-refractivity contribution < 1.29 is 14.5 Å². The number of esters is 1. The fourth-order valence-electron chi connectivity index (χ4n) is 2.16. The van der Waals surface area contributed by atoms with Crippen LogP contribution >= 0.6 is 0 Å². The molecule has 0 aromatic heterocycles. The van der Waals surface area contributed by atoms with E-state index in [0.29, 0.717) is 11.3 Å². The van der Waals surface area contributed by atoms with Crippen molar-refractivity contribution in [2.75, 3.05) is 0 Å². The fourth-order valence-corrected chi connectivity index (χ4v) is 2.16. The Labute approximate surface area is 135 Å². The van der Waals surface area contributed by atoms with Crippen LogP contribution in [0.2, 0.25) is 0 Å². The van der Waals surface area contributed by atoms with E-state index in [1.807, 2.05) is 51.1 Å².